The number of nitrogens with zero attached hydrogens (tertiary/aromatic N) is 2. The van der Waals surface area contributed by atoms with E-state index < -0.39 is 0 Å². The maximum Gasteiger partial charge on any atom is 0.237 e. The van der Waals surface area contributed by atoms with Gasteiger partial charge in [0.05, 0.1) is 6.54 Å². The average Bonchev–Trinajstić information content (AvgIpc) is 2.47. The Morgan fingerprint density at radius 3 is 2.91 bits per heavy atom. The molecule has 22 heavy (non-hydrogen) atoms. The van der Waals surface area contributed by atoms with E-state index in [0.29, 0.717) is 25.7 Å². The second kappa shape index (κ2) is 9.08. The first-order chi connectivity index (χ1) is 10.1. The van der Waals surface area contributed by atoms with Crippen LogP contribution in [0.2, 0.25) is 0 Å². The van der Waals surface area contributed by atoms with Crippen LogP contribution in [0.4, 0.5) is 4.39 Å². The highest BCUT2D eigenvalue weighted by Crippen LogP contribution is 2.09. The van der Waals surface area contributed by atoms with Gasteiger partial charge in [-0.1, -0.05) is 12.1 Å². The molecule has 1 atom stereocenters. The van der Waals surface area contributed by atoms with Gasteiger partial charge in [0.25, 0.3) is 0 Å². The number of piperazine rings is 1. The van der Waals surface area contributed by atoms with Crippen molar-refractivity contribution in [1.29, 1.82) is 0 Å². The topological polar surface area (TPSA) is 35.6 Å². The summed E-state index contributed by atoms with van der Waals surface area (Å²) in [6, 6.07) is 6.82. The van der Waals surface area contributed by atoms with Gasteiger partial charge in [-0.05, 0) is 31.5 Å². The van der Waals surface area contributed by atoms with Crippen molar-refractivity contribution in [2.75, 3.05) is 32.7 Å². The molecular formula is C16H25ClFN3O. The highest BCUT2D eigenvalue weighted by Gasteiger charge is 2.22. The summed E-state index contributed by atoms with van der Waals surface area (Å²) < 4.78 is 13.2. The van der Waals surface area contributed by atoms with Gasteiger partial charge in [-0.3, -0.25) is 9.69 Å². The second-order valence-corrected chi connectivity index (χ2v) is 5.56. The Hall–Kier alpha value is -1.17. The molecule has 1 amide bonds. The smallest absolute Gasteiger partial charge is 0.237 e. The van der Waals surface area contributed by atoms with Crippen LogP contribution in [0.15, 0.2) is 24.3 Å². The molecule has 1 aliphatic rings. The van der Waals surface area contributed by atoms with Gasteiger partial charge < -0.3 is 10.2 Å². The summed E-state index contributed by atoms with van der Waals surface area (Å²) in [5.74, 6) is -0.151. The molecule has 0 aliphatic carbocycles. The fraction of sp³-hybridized carbons (Fsp3) is 0.562. The molecule has 1 N–H and O–H groups in total. The molecule has 2 rings (SSSR count). The standard InChI is InChI=1S/C16H24FN3O.ClH/c1-3-19(11-14-5-4-6-15(17)9-14)16(21)12-20-8-7-18-10-13(20)2;/h4-6,9,13,18H,3,7-8,10-12H2,1-2H3;1H/t13-;/m0./s1. The van der Waals surface area contributed by atoms with Crippen molar-refractivity contribution in [2.45, 2.75) is 26.4 Å². The monoisotopic (exact) mass is 329 g/mol. The summed E-state index contributed by atoms with van der Waals surface area (Å²) in [5.41, 5.74) is 0.832. The van der Waals surface area contributed by atoms with E-state index in [9.17, 15) is 9.18 Å². The van der Waals surface area contributed by atoms with Crippen LogP contribution >= 0.6 is 12.4 Å². The first kappa shape index (κ1) is 18.9. The minimum atomic E-state index is -0.258. The minimum Gasteiger partial charge on any atom is -0.338 e. The van der Waals surface area contributed by atoms with Crippen molar-refractivity contribution in [3.63, 3.8) is 0 Å². The molecule has 1 saturated heterocycles. The van der Waals surface area contributed by atoms with Crippen LogP contribution in [0, 0.1) is 5.82 Å². The average molecular weight is 330 g/mol. The Morgan fingerprint density at radius 1 is 1.50 bits per heavy atom. The third-order valence-corrected chi connectivity index (χ3v) is 3.97. The zero-order chi connectivity index (χ0) is 15.2. The lowest BCUT2D eigenvalue weighted by molar-refractivity contribution is -0.133. The van der Waals surface area contributed by atoms with Gasteiger partial charge in [0.15, 0.2) is 0 Å². The van der Waals surface area contributed by atoms with Crippen LogP contribution in [-0.2, 0) is 11.3 Å². The number of benzene rings is 1. The predicted octanol–water partition coefficient (Wildman–Crippen LogP) is 1.89. The number of hydrogen-bond donors (Lipinski definition) is 1. The van der Waals surface area contributed by atoms with Gasteiger partial charge in [-0.15, -0.1) is 12.4 Å². The normalized spacial score (nSPS) is 18.6. The molecule has 4 nitrogen and oxygen atoms in total. The number of amides is 1. The number of carbonyl (C=O) groups excluding carboxylic acids is 1. The summed E-state index contributed by atoms with van der Waals surface area (Å²) in [4.78, 5) is 16.4. The fourth-order valence-electron chi connectivity index (χ4n) is 2.62. The van der Waals surface area contributed by atoms with Crippen LogP contribution < -0.4 is 5.32 Å². The van der Waals surface area contributed by atoms with Gasteiger partial charge in [0.1, 0.15) is 5.82 Å². The Kier molecular flexibility index (Phi) is 7.79. The molecule has 0 bridgehead atoms. The van der Waals surface area contributed by atoms with Crippen molar-refractivity contribution in [2.24, 2.45) is 0 Å². The predicted molar refractivity (Wildman–Crippen MR) is 88.6 cm³/mol. The van der Waals surface area contributed by atoms with Gasteiger partial charge in [0.2, 0.25) is 5.91 Å². The molecule has 0 aromatic heterocycles. The minimum absolute atomic E-state index is 0. The van der Waals surface area contributed by atoms with Crippen molar-refractivity contribution >= 4 is 18.3 Å². The zero-order valence-electron chi connectivity index (χ0n) is 13.2. The molecule has 0 unspecified atom stereocenters. The Balaban J connectivity index is 0.00000242. The molecule has 1 aliphatic heterocycles. The summed E-state index contributed by atoms with van der Waals surface area (Å²) in [6.07, 6.45) is 0. The quantitative estimate of drug-likeness (QED) is 0.896. The third-order valence-electron chi connectivity index (χ3n) is 3.97. The van der Waals surface area contributed by atoms with Gasteiger partial charge in [-0.2, -0.15) is 0 Å². The number of halogens is 2. The summed E-state index contributed by atoms with van der Waals surface area (Å²) in [6.45, 7) is 8.36. The van der Waals surface area contributed by atoms with Gasteiger partial charge in [0, 0.05) is 38.8 Å². The highest BCUT2D eigenvalue weighted by molar-refractivity contribution is 5.85. The number of carbonyl (C=O) groups is 1. The van der Waals surface area contributed by atoms with E-state index >= 15 is 0 Å². The Morgan fingerprint density at radius 2 is 2.27 bits per heavy atom. The lowest BCUT2D eigenvalue weighted by atomic mass is 10.2. The number of hydrogen-bond acceptors (Lipinski definition) is 3. The fourth-order valence-corrected chi connectivity index (χ4v) is 2.62. The largest absolute Gasteiger partial charge is 0.338 e. The molecule has 0 spiro atoms. The molecule has 1 aromatic rings. The number of nitrogens with one attached hydrogen (secondary N) is 1. The highest BCUT2D eigenvalue weighted by atomic mass is 35.5. The van der Waals surface area contributed by atoms with Crippen molar-refractivity contribution in [3.8, 4) is 0 Å². The first-order valence-electron chi connectivity index (χ1n) is 7.57. The summed E-state index contributed by atoms with van der Waals surface area (Å²) in [5, 5.41) is 3.32. The third kappa shape index (κ3) is 5.23. The molecular weight excluding hydrogens is 305 g/mol. The Bertz CT molecular complexity index is 486. The van der Waals surface area contributed by atoms with Crippen LogP contribution in [0.3, 0.4) is 0 Å². The lowest BCUT2D eigenvalue weighted by Crippen LogP contribution is -2.53. The maximum atomic E-state index is 13.2. The van der Waals surface area contributed by atoms with E-state index in [1.54, 1.807) is 11.0 Å². The van der Waals surface area contributed by atoms with Crippen molar-refractivity contribution < 1.29 is 9.18 Å². The maximum absolute atomic E-state index is 13.2. The summed E-state index contributed by atoms with van der Waals surface area (Å²) in [7, 11) is 0. The van der Waals surface area contributed by atoms with Crippen molar-refractivity contribution in [3.05, 3.63) is 35.6 Å². The molecule has 0 saturated carbocycles. The number of rotatable bonds is 5. The van der Waals surface area contributed by atoms with E-state index in [0.717, 1.165) is 25.2 Å². The Labute approximate surface area is 138 Å². The van der Waals surface area contributed by atoms with Crippen LogP contribution in [0.1, 0.15) is 19.4 Å². The molecule has 1 heterocycles. The van der Waals surface area contributed by atoms with Gasteiger partial charge >= 0.3 is 0 Å². The molecule has 124 valence electrons. The van der Waals surface area contributed by atoms with E-state index in [2.05, 4.69) is 17.1 Å². The van der Waals surface area contributed by atoms with E-state index in [1.807, 2.05) is 13.0 Å². The molecule has 1 aromatic carbocycles. The summed E-state index contributed by atoms with van der Waals surface area (Å²) >= 11 is 0. The van der Waals surface area contributed by atoms with Crippen molar-refractivity contribution in [1.82, 2.24) is 15.1 Å². The molecule has 0 radical (unpaired) electrons. The second-order valence-electron chi connectivity index (χ2n) is 5.56. The number of likely N-dealkylation sites (N-methyl/N-ethyl adjacent to an activating group) is 1. The zero-order valence-corrected chi connectivity index (χ0v) is 14.0. The van der Waals surface area contributed by atoms with Gasteiger partial charge in [-0.25, -0.2) is 4.39 Å². The first-order valence-corrected chi connectivity index (χ1v) is 7.57. The van der Waals surface area contributed by atoms with Crippen LogP contribution in [0.25, 0.3) is 0 Å². The van der Waals surface area contributed by atoms with Crippen LogP contribution in [0.5, 0.6) is 0 Å². The SMILES string of the molecule is CCN(Cc1cccc(F)c1)C(=O)CN1CCNC[C@@H]1C.Cl. The molecule has 1 fully saturated rings. The molecule has 6 heteroatoms. The lowest BCUT2D eigenvalue weighted by Gasteiger charge is -2.34. The van der Waals surface area contributed by atoms with E-state index in [-0.39, 0.29) is 24.1 Å². The van der Waals surface area contributed by atoms with E-state index in [4.69, 9.17) is 0 Å². The van der Waals surface area contributed by atoms with E-state index in [1.165, 1.54) is 12.1 Å². The van der Waals surface area contributed by atoms with Crippen LogP contribution in [-0.4, -0.2) is 54.5 Å².